The molecule has 0 heterocycles. The summed E-state index contributed by atoms with van der Waals surface area (Å²) >= 11 is 9.72. The summed E-state index contributed by atoms with van der Waals surface area (Å²) in [5.41, 5.74) is 7.13. The summed E-state index contributed by atoms with van der Waals surface area (Å²) in [5, 5.41) is 0.876. The van der Waals surface area contributed by atoms with Gasteiger partial charge in [0.2, 0.25) is 0 Å². The van der Waals surface area contributed by atoms with Crippen LogP contribution in [-0.4, -0.2) is 6.54 Å². The molecule has 0 saturated heterocycles. The molecule has 1 aromatic rings. The normalized spacial score (nSPS) is 24.9. The third-order valence-electron chi connectivity index (χ3n) is 3.87. The average Bonchev–Trinajstić information content (AvgIpc) is 2.33. The molecule has 0 aliphatic heterocycles. The standard InChI is InChI=1S/C14H19BrClN/c15-13-6-5-11(14(16)8-13)7-10-3-1-2-4-12(10)9-17/h5-6,8,10,12H,1-4,7,9,17H2. The molecule has 0 spiro atoms. The van der Waals surface area contributed by atoms with Crippen molar-refractivity contribution < 1.29 is 0 Å². The maximum atomic E-state index is 6.28. The van der Waals surface area contributed by atoms with Gasteiger partial charge in [-0.05, 0) is 55.3 Å². The van der Waals surface area contributed by atoms with Crippen molar-refractivity contribution in [1.29, 1.82) is 0 Å². The van der Waals surface area contributed by atoms with Crippen LogP contribution in [0.25, 0.3) is 0 Å². The van der Waals surface area contributed by atoms with E-state index < -0.39 is 0 Å². The second-order valence-corrected chi connectivity index (χ2v) is 6.30. The second kappa shape index (κ2) is 6.21. The van der Waals surface area contributed by atoms with Crippen LogP contribution < -0.4 is 5.73 Å². The molecule has 1 aliphatic carbocycles. The monoisotopic (exact) mass is 315 g/mol. The number of nitrogens with two attached hydrogens (primary N) is 1. The van der Waals surface area contributed by atoms with Crippen molar-refractivity contribution in [2.75, 3.05) is 6.54 Å². The van der Waals surface area contributed by atoms with Crippen LogP contribution in [0, 0.1) is 11.8 Å². The topological polar surface area (TPSA) is 26.0 Å². The van der Waals surface area contributed by atoms with Crippen molar-refractivity contribution in [3.8, 4) is 0 Å². The van der Waals surface area contributed by atoms with Crippen LogP contribution in [0.4, 0.5) is 0 Å². The molecule has 0 bridgehead atoms. The highest BCUT2D eigenvalue weighted by Crippen LogP contribution is 2.34. The van der Waals surface area contributed by atoms with E-state index in [4.69, 9.17) is 17.3 Å². The van der Waals surface area contributed by atoms with Gasteiger partial charge in [-0.25, -0.2) is 0 Å². The Morgan fingerprint density at radius 1 is 1.24 bits per heavy atom. The molecule has 1 nitrogen and oxygen atoms in total. The van der Waals surface area contributed by atoms with Crippen LogP contribution in [0.1, 0.15) is 31.2 Å². The molecule has 1 aromatic carbocycles. The lowest BCUT2D eigenvalue weighted by Crippen LogP contribution is -2.28. The molecule has 3 heteroatoms. The smallest absolute Gasteiger partial charge is 0.0449 e. The van der Waals surface area contributed by atoms with Gasteiger partial charge in [0.15, 0.2) is 0 Å². The zero-order chi connectivity index (χ0) is 12.3. The van der Waals surface area contributed by atoms with Crippen LogP contribution in [0.5, 0.6) is 0 Å². The van der Waals surface area contributed by atoms with Crippen molar-refractivity contribution >= 4 is 27.5 Å². The summed E-state index contributed by atoms with van der Waals surface area (Å²) in [6.45, 7) is 0.818. The van der Waals surface area contributed by atoms with Gasteiger partial charge >= 0.3 is 0 Å². The van der Waals surface area contributed by atoms with E-state index in [-0.39, 0.29) is 0 Å². The summed E-state index contributed by atoms with van der Waals surface area (Å²) < 4.78 is 1.05. The lowest BCUT2D eigenvalue weighted by Gasteiger charge is -2.31. The number of benzene rings is 1. The second-order valence-electron chi connectivity index (χ2n) is 4.98. The van der Waals surface area contributed by atoms with Gasteiger partial charge in [0.25, 0.3) is 0 Å². The Kier molecular flexibility index (Phi) is 4.89. The molecule has 2 rings (SSSR count). The predicted molar refractivity (Wildman–Crippen MR) is 77.4 cm³/mol. The molecule has 1 aliphatic rings. The van der Waals surface area contributed by atoms with Crippen molar-refractivity contribution in [2.24, 2.45) is 17.6 Å². The lowest BCUT2D eigenvalue weighted by atomic mass is 9.76. The van der Waals surface area contributed by atoms with E-state index in [0.717, 1.165) is 22.5 Å². The van der Waals surface area contributed by atoms with Crippen molar-refractivity contribution in [3.63, 3.8) is 0 Å². The van der Waals surface area contributed by atoms with Crippen LogP contribution in [-0.2, 0) is 6.42 Å². The maximum absolute atomic E-state index is 6.28. The van der Waals surface area contributed by atoms with E-state index in [1.54, 1.807) is 0 Å². The van der Waals surface area contributed by atoms with Crippen molar-refractivity contribution in [1.82, 2.24) is 0 Å². The van der Waals surface area contributed by atoms with E-state index in [9.17, 15) is 0 Å². The molecule has 2 unspecified atom stereocenters. The van der Waals surface area contributed by atoms with E-state index in [0.29, 0.717) is 11.8 Å². The van der Waals surface area contributed by atoms with Gasteiger partial charge < -0.3 is 5.73 Å². The minimum atomic E-state index is 0.684. The van der Waals surface area contributed by atoms with E-state index >= 15 is 0 Å². The highest BCUT2D eigenvalue weighted by molar-refractivity contribution is 9.10. The van der Waals surface area contributed by atoms with Crippen LogP contribution >= 0.6 is 27.5 Å². The first kappa shape index (κ1) is 13.4. The van der Waals surface area contributed by atoms with Crippen molar-refractivity contribution in [3.05, 3.63) is 33.3 Å². The first-order valence-corrected chi connectivity index (χ1v) is 7.52. The first-order chi connectivity index (χ1) is 8.20. The summed E-state index contributed by atoms with van der Waals surface area (Å²) in [4.78, 5) is 0. The molecule has 17 heavy (non-hydrogen) atoms. The SMILES string of the molecule is NCC1CCCCC1Cc1ccc(Br)cc1Cl. The number of rotatable bonds is 3. The molecule has 94 valence electrons. The summed E-state index contributed by atoms with van der Waals surface area (Å²) in [6, 6.07) is 6.19. The third kappa shape index (κ3) is 3.46. The summed E-state index contributed by atoms with van der Waals surface area (Å²) in [5.74, 6) is 1.40. The van der Waals surface area contributed by atoms with E-state index in [2.05, 4.69) is 28.1 Å². The fraction of sp³-hybridized carbons (Fsp3) is 0.571. The van der Waals surface area contributed by atoms with Gasteiger partial charge in [0.05, 0.1) is 0 Å². The van der Waals surface area contributed by atoms with Crippen LogP contribution in [0.15, 0.2) is 22.7 Å². The molecular weight excluding hydrogens is 298 g/mol. The Labute approximate surface area is 117 Å². The molecule has 0 radical (unpaired) electrons. The fourth-order valence-electron chi connectivity index (χ4n) is 2.83. The van der Waals surface area contributed by atoms with Gasteiger partial charge in [-0.1, -0.05) is 46.4 Å². The summed E-state index contributed by atoms with van der Waals surface area (Å²) in [7, 11) is 0. The zero-order valence-electron chi connectivity index (χ0n) is 9.96. The van der Waals surface area contributed by atoms with E-state index in [1.807, 2.05) is 6.07 Å². The van der Waals surface area contributed by atoms with Gasteiger partial charge in [0, 0.05) is 9.50 Å². The quantitative estimate of drug-likeness (QED) is 0.878. The fourth-order valence-corrected chi connectivity index (χ4v) is 3.58. The predicted octanol–water partition coefficient (Wildman–Crippen LogP) is 4.41. The maximum Gasteiger partial charge on any atom is 0.0449 e. The third-order valence-corrected chi connectivity index (χ3v) is 4.71. The largest absolute Gasteiger partial charge is 0.330 e. The molecule has 1 fully saturated rings. The molecule has 1 saturated carbocycles. The number of halogens is 2. The Bertz CT molecular complexity index is 380. The van der Waals surface area contributed by atoms with Gasteiger partial charge in [0.1, 0.15) is 0 Å². The highest BCUT2D eigenvalue weighted by Gasteiger charge is 2.24. The lowest BCUT2D eigenvalue weighted by molar-refractivity contribution is 0.242. The van der Waals surface area contributed by atoms with Crippen LogP contribution in [0.3, 0.4) is 0 Å². The zero-order valence-corrected chi connectivity index (χ0v) is 12.3. The number of hydrogen-bond acceptors (Lipinski definition) is 1. The Morgan fingerprint density at radius 2 is 1.94 bits per heavy atom. The van der Waals surface area contributed by atoms with Crippen LogP contribution in [0.2, 0.25) is 5.02 Å². The first-order valence-electron chi connectivity index (χ1n) is 6.34. The average molecular weight is 317 g/mol. The minimum Gasteiger partial charge on any atom is -0.330 e. The van der Waals surface area contributed by atoms with Gasteiger partial charge in [-0.3, -0.25) is 0 Å². The molecule has 0 amide bonds. The molecule has 0 aromatic heterocycles. The van der Waals surface area contributed by atoms with Gasteiger partial charge in [-0.2, -0.15) is 0 Å². The Balaban J connectivity index is 2.08. The molecular formula is C14H19BrClN. The summed E-state index contributed by atoms with van der Waals surface area (Å²) in [6.07, 6.45) is 6.35. The highest BCUT2D eigenvalue weighted by atomic mass is 79.9. The molecule has 2 atom stereocenters. The number of hydrogen-bond donors (Lipinski definition) is 1. The Morgan fingerprint density at radius 3 is 2.59 bits per heavy atom. The molecule has 2 N–H and O–H groups in total. The van der Waals surface area contributed by atoms with Gasteiger partial charge in [-0.15, -0.1) is 0 Å². The van der Waals surface area contributed by atoms with Crippen molar-refractivity contribution in [2.45, 2.75) is 32.1 Å². The Hall–Kier alpha value is -0.0500. The minimum absolute atomic E-state index is 0.684. The van der Waals surface area contributed by atoms with E-state index in [1.165, 1.54) is 31.2 Å².